The van der Waals surface area contributed by atoms with Crippen LogP contribution in [0.1, 0.15) is 5.56 Å². The quantitative estimate of drug-likeness (QED) is 0.386. The minimum Gasteiger partial charge on any atom is -0.435 e. The van der Waals surface area contributed by atoms with Crippen LogP contribution in [0.2, 0.25) is 0 Å². The molecule has 0 aromatic heterocycles. The van der Waals surface area contributed by atoms with Gasteiger partial charge in [0.2, 0.25) is 0 Å². The molecule has 3 aromatic rings. The molecule has 0 radical (unpaired) electrons. The molecule has 1 atom stereocenters. The molecule has 1 saturated heterocycles. The summed E-state index contributed by atoms with van der Waals surface area (Å²) in [6, 6.07) is 10.7. The minimum atomic E-state index is -4.75. The highest BCUT2D eigenvalue weighted by Crippen LogP contribution is 2.43. The number of benzene rings is 3. The number of sulfonamides is 1. The third-order valence-corrected chi connectivity index (χ3v) is 8.11. The molecule has 3 aromatic carbocycles. The van der Waals surface area contributed by atoms with Crippen LogP contribution in [-0.4, -0.2) is 47.4 Å². The van der Waals surface area contributed by atoms with E-state index in [1.54, 1.807) is 12.1 Å². The van der Waals surface area contributed by atoms with Gasteiger partial charge in [-0.1, -0.05) is 12.1 Å². The Morgan fingerprint density at radius 3 is 2.50 bits per heavy atom. The summed E-state index contributed by atoms with van der Waals surface area (Å²) in [6.45, 7) is -2.26. The summed E-state index contributed by atoms with van der Waals surface area (Å²) in [7, 11) is -4.49. The normalized spacial score (nSPS) is 17.8. The summed E-state index contributed by atoms with van der Waals surface area (Å²) >= 11 is 0. The molecular formula is C25H20F6N2O4S. The molecule has 0 spiro atoms. The van der Waals surface area contributed by atoms with Crippen molar-refractivity contribution < 1.29 is 44.2 Å². The average molecular weight is 559 g/mol. The van der Waals surface area contributed by atoms with Crippen molar-refractivity contribution in [2.75, 3.05) is 35.5 Å². The van der Waals surface area contributed by atoms with Gasteiger partial charge in [0, 0.05) is 12.6 Å². The number of halogens is 6. The maximum atomic E-state index is 14.2. The first-order chi connectivity index (χ1) is 17.9. The first kappa shape index (κ1) is 26.2. The van der Waals surface area contributed by atoms with Crippen LogP contribution in [0, 0.1) is 5.82 Å². The number of morpholine rings is 1. The van der Waals surface area contributed by atoms with Crippen molar-refractivity contribution in [3.63, 3.8) is 0 Å². The molecule has 38 heavy (non-hydrogen) atoms. The van der Waals surface area contributed by atoms with Gasteiger partial charge in [-0.25, -0.2) is 12.8 Å². The molecule has 2 aliphatic heterocycles. The lowest BCUT2D eigenvalue weighted by Crippen LogP contribution is -2.56. The maximum Gasteiger partial charge on any atom is 0.416 e. The molecular weight excluding hydrogens is 538 g/mol. The van der Waals surface area contributed by atoms with Crippen LogP contribution < -0.4 is 13.9 Å². The third kappa shape index (κ3) is 4.99. The molecule has 2 aliphatic rings. The van der Waals surface area contributed by atoms with E-state index < -0.39 is 50.9 Å². The Bertz CT molecular complexity index is 1460. The van der Waals surface area contributed by atoms with Gasteiger partial charge in [-0.05, 0) is 53.6 Å². The van der Waals surface area contributed by atoms with E-state index in [9.17, 15) is 34.8 Å². The van der Waals surface area contributed by atoms with E-state index in [1.165, 1.54) is 12.1 Å². The summed E-state index contributed by atoms with van der Waals surface area (Å²) in [5.41, 5.74) is -0.0382. The standard InChI is InChI=1S/C25H20F6N2O4S/c26-18-8-16(9-20(12-18)37-24(27)28)15-4-5-22-23(10-15)33(13-19-14-36-7-6-32(19)22)38(34,35)21-3-1-2-17(11-21)25(29,30)31/h1-5,8-12,19,24H,6-7,13-14H2/t19-/m0/s1. The van der Waals surface area contributed by atoms with Crippen molar-refractivity contribution in [2.45, 2.75) is 23.7 Å². The minimum absolute atomic E-state index is 0.113. The summed E-state index contributed by atoms with van der Waals surface area (Å²) in [6.07, 6.45) is -4.75. The number of alkyl halides is 5. The zero-order chi connectivity index (χ0) is 27.2. The highest BCUT2D eigenvalue weighted by molar-refractivity contribution is 7.92. The van der Waals surface area contributed by atoms with Gasteiger partial charge in [-0.2, -0.15) is 22.0 Å². The summed E-state index contributed by atoms with van der Waals surface area (Å²) in [4.78, 5) is 1.39. The van der Waals surface area contributed by atoms with Crippen molar-refractivity contribution in [1.29, 1.82) is 0 Å². The number of hydrogen-bond donors (Lipinski definition) is 0. The van der Waals surface area contributed by atoms with Crippen LogP contribution in [0.15, 0.2) is 65.6 Å². The van der Waals surface area contributed by atoms with E-state index in [4.69, 9.17) is 4.74 Å². The van der Waals surface area contributed by atoms with Gasteiger partial charge in [-0.15, -0.1) is 0 Å². The first-order valence-electron chi connectivity index (χ1n) is 11.4. The number of anilines is 2. The zero-order valence-electron chi connectivity index (χ0n) is 19.5. The molecule has 0 aliphatic carbocycles. The molecule has 0 amide bonds. The monoisotopic (exact) mass is 558 g/mol. The zero-order valence-corrected chi connectivity index (χ0v) is 20.3. The topological polar surface area (TPSA) is 59.1 Å². The number of fused-ring (bicyclic) bond motifs is 3. The van der Waals surface area contributed by atoms with Crippen LogP contribution in [-0.2, 0) is 20.9 Å². The van der Waals surface area contributed by atoms with Crippen LogP contribution in [0.5, 0.6) is 5.75 Å². The van der Waals surface area contributed by atoms with Crippen molar-refractivity contribution in [3.8, 4) is 16.9 Å². The van der Waals surface area contributed by atoms with Gasteiger partial charge >= 0.3 is 12.8 Å². The molecule has 0 saturated carbocycles. The van der Waals surface area contributed by atoms with E-state index in [2.05, 4.69) is 4.74 Å². The van der Waals surface area contributed by atoms with E-state index in [0.29, 0.717) is 30.5 Å². The van der Waals surface area contributed by atoms with E-state index in [-0.39, 0.29) is 24.4 Å². The van der Waals surface area contributed by atoms with Crippen LogP contribution in [0.4, 0.5) is 37.7 Å². The summed E-state index contributed by atoms with van der Waals surface area (Å²) in [5.74, 6) is -1.27. The van der Waals surface area contributed by atoms with Crippen LogP contribution in [0.3, 0.4) is 0 Å². The summed E-state index contributed by atoms with van der Waals surface area (Å²) < 4.78 is 118. The lowest BCUT2D eigenvalue weighted by atomic mass is 10.0. The number of rotatable bonds is 5. The SMILES string of the molecule is O=S(=O)(c1cccc(C(F)(F)F)c1)N1C[C@H]2COCCN2c2ccc(-c3cc(F)cc(OC(F)F)c3)cc21. The first-order valence-corrected chi connectivity index (χ1v) is 12.8. The predicted molar refractivity (Wildman–Crippen MR) is 126 cm³/mol. The fourth-order valence-corrected chi connectivity index (χ4v) is 6.20. The van der Waals surface area contributed by atoms with Gasteiger partial charge in [0.15, 0.2) is 0 Å². The van der Waals surface area contributed by atoms with Gasteiger partial charge in [-0.3, -0.25) is 4.31 Å². The number of nitrogens with zero attached hydrogens (tertiary/aromatic N) is 2. The van der Waals surface area contributed by atoms with Gasteiger partial charge < -0.3 is 14.4 Å². The van der Waals surface area contributed by atoms with Crippen molar-refractivity contribution in [3.05, 3.63) is 72.0 Å². The second-order valence-corrected chi connectivity index (χ2v) is 10.6. The summed E-state index contributed by atoms with van der Waals surface area (Å²) in [5, 5.41) is 0. The maximum absolute atomic E-state index is 14.2. The Kier molecular flexibility index (Phi) is 6.68. The van der Waals surface area contributed by atoms with Crippen LogP contribution >= 0.6 is 0 Å². The van der Waals surface area contributed by atoms with E-state index >= 15 is 0 Å². The van der Waals surface area contributed by atoms with Gasteiger partial charge in [0.05, 0.1) is 47.6 Å². The Morgan fingerprint density at radius 1 is 0.974 bits per heavy atom. The smallest absolute Gasteiger partial charge is 0.416 e. The lowest BCUT2D eigenvalue weighted by molar-refractivity contribution is -0.137. The van der Waals surface area contributed by atoms with E-state index in [0.717, 1.165) is 34.6 Å². The Balaban J connectivity index is 1.63. The van der Waals surface area contributed by atoms with Gasteiger partial charge in [0.1, 0.15) is 11.6 Å². The molecule has 0 N–H and O–H groups in total. The largest absolute Gasteiger partial charge is 0.435 e. The molecule has 1 fully saturated rings. The molecule has 0 unspecified atom stereocenters. The molecule has 5 rings (SSSR count). The van der Waals surface area contributed by atoms with Crippen molar-refractivity contribution in [2.24, 2.45) is 0 Å². The molecule has 6 nitrogen and oxygen atoms in total. The van der Waals surface area contributed by atoms with Crippen molar-refractivity contribution in [1.82, 2.24) is 0 Å². The second kappa shape index (κ2) is 9.70. The third-order valence-electron chi connectivity index (χ3n) is 6.34. The fourth-order valence-electron chi connectivity index (χ4n) is 4.65. The molecule has 2 heterocycles. The second-order valence-electron chi connectivity index (χ2n) is 8.74. The predicted octanol–water partition coefficient (Wildman–Crippen LogP) is 5.53. The highest BCUT2D eigenvalue weighted by Gasteiger charge is 2.40. The lowest BCUT2D eigenvalue weighted by Gasteiger charge is -2.46. The molecule has 13 heteroatoms. The number of hydrogen-bond acceptors (Lipinski definition) is 5. The van der Waals surface area contributed by atoms with Crippen LogP contribution in [0.25, 0.3) is 11.1 Å². The Labute approximate surface area is 214 Å². The average Bonchev–Trinajstić information content (AvgIpc) is 2.86. The van der Waals surface area contributed by atoms with Crippen molar-refractivity contribution >= 4 is 21.4 Å². The number of ether oxygens (including phenoxy) is 2. The highest BCUT2D eigenvalue weighted by atomic mass is 32.2. The Morgan fingerprint density at radius 2 is 1.76 bits per heavy atom. The molecule has 0 bridgehead atoms. The van der Waals surface area contributed by atoms with Gasteiger partial charge in [0.25, 0.3) is 10.0 Å². The van der Waals surface area contributed by atoms with E-state index in [1.807, 2.05) is 4.90 Å². The Hall–Kier alpha value is -3.45. The fraction of sp³-hybridized carbons (Fsp3) is 0.280. The molecule has 202 valence electrons.